The number of hydrogen-bond acceptors (Lipinski definition) is 6. The number of rotatable bonds is 4. The van der Waals surface area contributed by atoms with Crippen LogP contribution in [0.25, 0.3) is 0 Å². The Morgan fingerprint density at radius 2 is 1.86 bits per heavy atom. The van der Waals surface area contributed by atoms with Gasteiger partial charge >= 0.3 is 12.1 Å². The Bertz CT molecular complexity index is 834. The van der Waals surface area contributed by atoms with Crippen molar-refractivity contribution in [2.24, 2.45) is 0 Å². The van der Waals surface area contributed by atoms with E-state index in [1.165, 1.54) is 26.4 Å². The average Bonchev–Trinajstić information content (AvgIpc) is 2.65. The SMILES string of the molecule is CCOC(=O)C1=CN2C(C(=O)C1)c1cc(OC)c(OC)cc1CC2C(F)(F)F. The van der Waals surface area contributed by atoms with Crippen LogP contribution >= 0.6 is 0 Å². The van der Waals surface area contributed by atoms with Crippen LogP contribution in [-0.2, 0) is 20.7 Å². The van der Waals surface area contributed by atoms with Gasteiger partial charge in [0.05, 0.1) is 26.4 Å². The summed E-state index contributed by atoms with van der Waals surface area (Å²) in [5.74, 6) is -0.678. The van der Waals surface area contributed by atoms with Crippen LogP contribution in [0.2, 0.25) is 0 Å². The van der Waals surface area contributed by atoms with E-state index in [-0.39, 0.29) is 25.0 Å². The largest absolute Gasteiger partial charge is 0.493 e. The first-order chi connectivity index (χ1) is 13.2. The van der Waals surface area contributed by atoms with Crippen LogP contribution in [-0.4, -0.2) is 49.7 Å². The molecule has 0 saturated heterocycles. The number of hydrogen-bond donors (Lipinski definition) is 0. The van der Waals surface area contributed by atoms with Crippen LogP contribution < -0.4 is 9.47 Å². The summed E-state index contributed by atoms with van der Waals surface area (Å²) in [5, 5.41) is 0. The van der Waals surface area contributed by atoms with Gasteiger partial charge in [0.25, 0.3) is 0 Å². The third kappa shape index (κ3) is 3.41. The smallest absolute Gasteiger partial charge is 0.409 e. The van der Waals surface area contributed by atoms with Gasteiger partial charge < -0.3 is 19.1 Å². The monoisotopic (exact) mass is 399 g/mol. The van der Waals surface area contributed by atoms with Gasteiger partial charge in [-0.2, -0.15) is 13.2 Å². The van der Waals surface area contributed by atoms with Gasteiger partial charge in [0.2, 0.25) is 0 Å². The van der Waals surface area contributed by atoms with E-state index in [1.807, 2.05) is 0 Å². The molecule has 28 heavy (non-hydrogen) atoms. The topological polar surface area (TPSA) is 65.1 Å². The highest BCUT2D eigenvalue weighted by Gasteiger charge is 2.51. The zero-order valence-corrected chi connectivity index (χ0v) is 15.6. The van der Waals surface area contributed by atoms with Crippen molar-refractivity contribution in [3.05, 3.63) is 35.0 Å². The second-order valence-corrected chi connectivity index (χ2v) is 6.54. The maximum Gasteiger partial charge on any atom is 0.409 e. The van der Waals surface area contributed by atoms with Crippen molar-refractivity contribution in [3.8, 4) is 11.5 Å². The molecule has 3 rings (SSSR count). The second-order valence-electron chi connectivity index (χ2n) is 6.54. The number of ketones is 1. The number of halogens is 3. The molecule has 0 aromatic heterocycles. The standard InChI is InChI=1S/C19H20F3NO5/c1-4-28-18(25)11-5-13(24)17-12-8-15(27-3)14(26-2)6-10(12)7-16(19(20,21)22)23(17)9-11/h6,8-9,16-17H,4-5,7H2,1-3H3. The van der Waals surface area contributed by atoms with Crippen molar-refractivity contribution in [2.75, 3.05) is 20.8 Å². The van der Waals surface area contributed by atoms with E-state index in [2.05, 4.69) is 0 Å². The molecule has 2 heterocycles. The van der Waals surface area contributed by atoms with Gasteiger partial charge in [-0.3, -0.25) is 4.79 Å². The first kappa shape index (κ1) is 20.0. The van der Waals surface area contributed by atoms with Crippen LogP contribution in [0.1, 0.15) is 30.5 Å². The van der Waals surface area contributed by atoms with Crippen molar-refractivity contribution in [3.63, 3.8) is 0 Å². The fourth-order valence-electron chi connectivity index (χ4n) is 3.67. The molecular formula is C19H20F3NO5. The number of nitrogens with zero attached hydrogens (tertiary/aromatic N) is 1. The summed E-state index contributed by atoms with van der Waals surface area (Å²) >= 11 is 0. The van der Waals surface area contributed by atoms with E-state index in [9.17, 15) is 22.8 Å². The van der Waals surface area contributed by atoms with E-state index in [4.69, 9.17) is 14.2 Å². The van der Waals surface area contributed by atoms with Crippen LogP contribution in [0.3, 0.4) is 0 Å². The highest BCUT2D eigenvalue weighted by Crippen LogP contribution is 2.46. The summed E-state index contributed by atoms with van der Waals surface area (Å²) in [6.45, 7) is 1.65. The number of Topliss-reactive ketones (excluding diaryl/α,β-unsaturated/α-hetero) is 1. The first-order valence-corrected chi connectivity index (χ1v) is 8.70. The van der Waals surface area contributed by atoms with Gasteiger partial charge in [0.15, 0.2) is 17.3 Å². The van der Waals surface area contributed by atoms with Gasteiger partial charge in [-0.1, -0.05) is 0 Å². The van der Waals surface area contributed by atoms with Crippen molar-refractivity contribution in [1.82, 2.24) is 4.90 Å². The van der Waals surface area contributed by atoms with E-state index in [1.54, 1.807) is 6.92 Å². The number of fused-ring (bicyclic) bond motifs is 3. The lowest BCUT2D eigenvalue weighted by atomic mass is 9.82. The molecule has 2 unspecified atom stereocenters. The predicted octanol–water partition coefficient (Wildman–Crippen LogP) is 2.95. The lowest BCUT2D eigenvalue weighted by Gasteiger charge is -2.45. The van der Waals surface area contributed by atoms with Gasteiger partial charge in [-0.25, -0.2) is 4.79 Å². The molecule has 9 heteroatoms. The molecule has 0 aliphatic carbocycles. The quantitative estimate of drug-likeness (QED) is 0.726. The average molecular weight is 399 g/mol. The van der Waals surface area contributed by atoms with Crippen LogP contribution in [0.15, 0.2) is 23.9 Å². The highest BCUT2D eigenvalue weighted by atomic mass is 19.4. The normalized spacial score (nSPS) is 21.4. The van der Waals surface area contributed by atoms with E-state index in [0.717, 1.165) is 11.1 Å². The summed E-state index contributed by atoms with van der Waals surface area (Å²) in [7, 11) is 2.80. The highest BCUT2D eigenvalue weighted by molar-refractivity contribution is 5.99. The molecule has 0 N–H and O–H groups in total. The minimum Gasteiger partial charge on any atom is -0.493 e. The maximum atomic E-state index is 13.8. The Morgan fingerprint density at radius 3 is 2.43 bits per heavy atom. The minimum absolute atomic E-state index is 0.0658. The molecular weight excluding hydrogens is 379 g/mol. The van der Waals surface area contributed by atoms with Gasteiger partial charge in [-0.15, -0.1) is 0 Å². The molecule has 0 radical (unpaired) electrons. The number of benzene rings is 1. The number of carbonyl (C=O) groups excluding carboxylic acids is 2. The molecule has 152 valence electrons. The molecule has 0 spiro atoms. The molecule has 0 saturated carbocycles. The fourth-order valence-corrected chi connectivity index (χ4v) is 3.67. The van der Waals surface area contributed by atoms with Gasteiger partial charge in [0.1, 0.15) is 12.1 Å². The minimum atomic E-state index is -4.60. The third-order valence-electron chi connectivity index (χ3n) is 4.90. The summed E-state index contributed by atoms with van der Waals surface area (Å²) in [6.07, 6.45) is -4.16. The number of carbonyl (C=O) groups is 2. The van der Waals surface area contributed by atoms with Crippen molar-refractivity contribution < 1.29 is 37.0 Å². The number of esters is 1. The summed E-state index contributed by atoms with van der Waals surface area (Å²) in [4.78, 5) is 25.7. The molecule has 1 aromatic carbocycles. The second kappa shape index (κ2) is 7.37. The molecule has 0 bridgehead atoms. The fraction of sp³-hybridized carbons (Fsp3) is 0.474. The number of alkyl halides is 3. The molecule has 1 aromatic rings. The number of ether oxygens (including phenoxy) is 3. The zero-order valence-electron chi connectivity index (χ0n) is 15.6. The molecule has 2 aliphatic heterocycles. The molecule has 0 amide bonds. The van der Waals surface area contributed by atoms with Gasteiger partial charge in [-0.05, 0) is 30.2 Å². The van der Waals surface area contributed by atoms with E-state index in [0.29, 0.717) is 22.6 Å². The Hall–Kier alpha value is -2.71. The van der Waals surface area contributed by atoms with Crippen molar-refractivity contribution in [1.29, 1.82) is 0 Å². The summed E-state index contributed by atoms with van der Waals surface area (Å²) in [5.41, 5.74) is 0.700. The van der Waals surface area contributed by atoms with E-state index >= 15 is 0 Å². The third-order valence-corrected chi connectivity index (χ3v) is 4.90. The van der Waals surface area contributed by atoms with Crippen molar-refractivity contribution >= 4 is 11.8 Å². The van der Waals surface area contributed by atoms with Crippen LogP contribution in [0.4, 0.5) is 13.2 Å². The lowest BCUT2D eigenvalue weighted by Crippen LogP contribution is -2.52. The van der Waals surface area contributed by atoms with E-state index < -0.39 is 30.0 Å². The van der Waals surface area contributed by atoms with Crippen LogP contribution in [0.5, 0.6) is 11.5 Å². The Balaban J connectivity index is 2.15. The molecule has 2 atom stereocenters. The molecule has 6 nitrogen and oxygen atoms in total. The first-order valence-electron chi connectivity index (χ1n) is 8.70. The Kier molecular flexibility index (Phi) is 5.27. The Labute approximate surface area is 159 Å². The summed E-state index contributed by atoms with van der Waals surface area (Å²) < 4.78 is 56.6. The Morgan fingerprint density at radius 1 is 1.21 bits per heavy atom. The zero-order chi connectivity index (χ0) is 20.6. The van der Waals surface area contributed by atoms with Gasteiger partial charge in [0, 0.05) is 19.0 Å². The maximum absolute atomic E-state index is 13.8. The number of methoxy groups -OCH3 is 2. The predicted molar refractivity (Wildman–Crippen MR) is 92.0 cm³/mol. The van der Waals surface area contributed by atoms with Crippen molar-refractivity contribution in [2.45, 2.75) is 38.0 Å². The summed E-state index contributed by atoms with van der Waals surface area (Å²) in [6, 6.07) is -0.105. The molecule has 0 fully saturated rings. The van der Waals surface area contributed by atoms with Crippen LogP contribution in [0, 0.1) is 0 Å². The lowest BCUT2D eigenvalue weighted by molar-refractivity contribution is -0.186. The molecule has 2 aliphatic rings.